The summed E-state index contributed by atoms with van der Waals surface area (Å²) in [7, 11) is 0. The van der Waals surface area contributed by atoms with Crippen molar-refractivity contribution in [1.82, 2.24) is 4.98 Å². The van der Waals surface area contributed by atoms with Crippen LogP contribution in [0.2, 0.25) is 0 Å². The topological polar surface area (TPSA) is 54.1 Å². The fraction of sp³-hybridized carbons (Fsp3) is 0.353. The molecule has 2 heterocycles. The fourth-order valence-corrected chi connectivity index (χ4v) is 3.13. The fourth-order valence-electron chi connectivity index (χ4n) is 3.13. The molecule has 1 aliphatic heterocycles. The second-order valence-electron chi connectivity index (χ2n) is 5.87. The van der Waals surface area contributed by atoms with Gasteiger partial charge in [-0.3, -0.25) is 4.79 Å². The number of halogens is 4. The molecular formula is C17H16F4N2O2. The molecule has 3 rings (SSSR count). The Morgan fingerprint density at radius 3 is 2.64 bits per heavy atom. The minimum atomic E-state index is -4.80. The smallest absolute Gasteiger partial charge is 0.380 e. The summed E-state index contributed by atoms with van der Waals surface area (Å²) >= 11 is 0. The van der Waals surface area contributed by atoms with Gasteiger partial charge in [-0.25, -0.2) is 4.39 Å². The molecule has 0 amide bonds. The standard InChI is InChI=1S/C17H16F4N2O2/c1-2-7-25-9-16(17(19,20)21)11-5-6-22-15(24)14(11)23-13-4-3-10(18)8-12(13)16/h3-6,8,23H,2,7,9H2,1H3,(H,22,24). The van der Waals surface area contributed by atoms with Crippen molar-refractivity contribution < 1.29 is 22.3 Å². The Labute approximate surface area is 140 Å². The number of hydrogen-bond donors (Lipinski definition) is 2. The summed E-state index contributed by atoms with van der Waals surface area (Å²) in [5.41, 5.74) is -4.07. The molecule has 1 atom stereocenters. The number of fused-ring (bicyclic) bond motifs is 2. The molecule has 0 aliphatic carbocycles. The molecule has 8 heteroatoms. The quantitative estimate of drug-likeness (QED) is 0.646. The van der Waals surface area contributed by atoms with Crippen LogP contribution in [-0.2, 0) is 10.2 Å². The highest BCUT2D eigenvalue weighted by Gasteiger charge is 2.61. The number of aromatic nitrogens is 1. The van der Waals surface area contributed by atoms with Gasteiger partial charge in [0.25, 0.3) is 5.56 Å². The first-order valence-electron chi connectivity index (χ1n) is 7.75. The zero-order valence-corrected chi connectivity index (χ0v) is 13.3. The molecule has 0 saturated carbocycles. The Balaban J connectivity index is 2.33. The zero-order valence-electron chi connectivity index (χ0n) is 13.3. The van der Waals surface area contributed by atoms with Crippen LogP contribution in [0.15, 0.2) is 35.3 Å². The average Bonchev–Trinajstić information content (AvgIpc) is 2.54. The van der Waals surface area contributed by atoms with Gasteiger partial charge in [0.05, 0.1) is 6.61 Å². The number of H-pyrrole nitrogens is 1. The van der Waals surface area contributed by atoms with E-state index < -0.39 is 29.6 Å². The normalized spacial score (nSPS) is 19.1. The van der Waals surface area contributed by atoms with Crippen molar-refractivity contribution in [3.05, 3.63) is 57.8 Å². The SMILES string of the molecule is CCCOCC1(C(F)(F)F)c2cc(F)ccc2Nc2c1cc[nH]c2=O. The molecule has 134 valence electrons. The van der Waals surface area contributed by atoms with Crippen LogP contribution in [0.1, 0.15) is 24.5 Å². The van der Waals surface area contributed by atoms with Gasteiger partial charge in [-0.2, -0.15) is 13.2 Å². The predicted molar refractivity (Wildman–Crippen MR) is 84.7 cm³/mol. The third kappa shape index (κ3) is 2.70. The maximum absolute atomic E-state index is 14.3. The largest absolute Gasteiger partial charge is 0.404 e. The van der Waals surface area contributed by atoms with Crippen LogP contribution in [0.25, 0.3) is 0 Å². The number of alkyl halides is 3. The lowest BCUT2D eigenvalue weighted by atomic mass is 9.71. The second-order valence-corrected chi connectivity index (χ2v) is 5.87. The van der Waals surface area contributed by atoms with Crippen LogP contribution in [0.3, 0.4) is 0 Å². The van der Waals surface area contributed by atoms with Crippen molar-refractivity contribution in [1.29, 1.82) is 0 Å². The van der Waals surface area contributed by atoms with E-state index >= 15 is 0 Å². The lowest BCUT2D eigenvalue weighted by molar-refractivity contribution is -0.192. The molecule has 0 radical (unpaired) electrons. The van der Waals surface area contributed by atoms with Gasteiger partial charge in [-0.15, -0.1) is 0 Å². The van der Waals surface area contributed by atoms with Gasteiger partial charge >= 0.3 is 6.18 Å². The first-order valence-corrected chi connectivity index (χ1v) is 7.75. The third-order valence-corrected chi connectivity index (χ3v) is 4.27. The van der Waals surface area contributed by atoms with Crippen molar-refractivity contribution >= 4 is 11.4 Å². The molecule has 0 fully saturated rings. The Hall–Kier alpha value is -2.35. The number of benzene rings is 1. The van der Waals surface area contributed by atoms with E-state index in [1.54, 1.807) is 6.92 Å². The van der Waals surface area contributed by atoms with Crippen molar-refractivity contribution in [2.45, 2.75) is 24.9 Å². The minimum absolute atomic E-state index is 0.0306. The highest BCUT2D eigenvalue weighted by Crippen LogP contribution is 2.53. The van der Waals surface area contributed by atoms with Gasteiger partial charge in [0, 0.05) is 29.6 Å². The molecule has 1 aromatic carbocycles. The number of nitrogens with one attached hydrogen (secondary N) is 2. The van der Waals surface area contributed by atoms with Crippen molar-refractivity contribution in [3.63, 3.8) is 0 Å². The minimum Gasteiger partial charge on any atom is -0.380 e. The van der Waals surface area contributed by atoms with Gasteiger partial charge in [-0.05, 0) is 30.7 Å². The molecular weight excluding hydrogens is 340 g/mol. The van der Waals surface area contributed by atoms with Crippen LogP contribution < -0.4 is 10.9 Å². The average molecular weight is 356 g/mol. The van der Waals surface area contributed by atoms with Crippen LogP contribution in [0.4, 0.5) is 28.9 Å². The van der Waals surface area contributed by atoms with Gasteiger partial charge < -0.3 is 15.0 Å². The molecule has 4 nitrogen and oxygen atoms in total. The Morgan fingerprint density at radius 1 is 1.20 bits per heavy atom. The van der Waals surface area contributed by atoms with Crippen LogP contribution in [-0.4, -0.2) is 24.4 Å². The summed E-state index contributed by atoms with van der Waals surface area (Å²) in [4.78, 5) is 14.4. The highest BCUT2D eigenvalue weighted by molar-refractivity contribution is 5.76. The van der Waals surface area contributed by atoms with E-state index in [1.807, 2.05) is 0 Å². The van der Waals surface area contributed by atoms with E-state index in [4.69, 9.17) is 4.74 Å². The van der Waals surface area contributed by atoms with E-state index in [0.29, 0.717) is 6.42 Å². The molecule has 1 aromatic heterocycles. The monoisotopic (exact) mass is 356 g/mol. The summed E-state index contributed by atoms with van der Waals surface area (Å²) < 4.78 is 61.9. The van der Waals surface area contributed by atoms with Crippen LogP contribution in [0, 0.1) is 5.82 Å². The lowest BCUT2D eigenvalue weighted by Gasteiger charge is -2.41. The number of aromatic amines is 1. The van der Waals surface area contributed by atoms with Gasteiger partial charge in [0.15, 0.2) is 0 Å². The first kappa shape index (κ1) is 17.5. The van der Waals surface area contributed by atoms with Gasteiger partial charge in [-0.1, -0.05) is 6.92 Å². The summed E-state index contributed by atoms with van der Waals surface area (Å²) in [6, 6.07) is 4.26. The molecule has 0 saturated heterocycles. The summed E-state index contributed by atoms with van der Waals surface area (Å²) in [6.45, 7) is 1.16. The maximum Gasteiger partial charge on any atom is 0.404 e. The van der Waals surface area contributed by atoms with Crippen molar-refractivity contribution in [2.24, 2.45) is 0 Å². The molecule has 2 N–H and O–H groups in total. The summed E-state index contributed by atoms with van der Waals surface area (Å²) in [5.74, 6) is -0.794. The number of anilines is 2. The molecule has 1 aliphatic rings. The van der Waals surface area contributed by atoms with Crippen LogP contribution in [0.5, 0.6) is 0 Å². The van der Waals surface area contributed by atoms with Gasteiger partial charge in [0.2, 0.25) is 0 Å². The van der Waals surface area contributed by atoms with Crippen molar-refractivity contribution in [2.75, 3.05) is 18.5 Å². The van der Waals surface area contributed by atoms with E-state index in [-0.39, 0.29) is 29.1 Å². The van der Waals surface area contributed by atoms with E-state index in [9.17, 15) is 22.4 Å². The molecule has 25 heavy (non-hydrogen) atoms. The first-order chi connectivity index (χ1) is 11.8. The molecule has 0 bridgehead atoms. The maximum atomic E-state index is 14.3. The summed E-state index contributed by atoms with van der Waals surface area (Å²) in [5, 5.41) is 2.69. The summed E-state index contributed by atoms with van der Waals surface area (Å²) in [6.07, 6.45) is -3.12. The van der Waals surface area contributed by atoms with E-state index in [1.165, 1.54) is 12.1 Å². The van der Waals surface area contributed by atoms with E-state index in [0.717, 1.165) is 18.3 Å². The Morgan fingerprint density at radius 2 is 1.96 bits per heavy atom. The zero-order chi connectivity index (χ0) is 18.2. The molecule has 2 aromatic rings. The lowest BCUT2D eigenvalue weighted by Crippen LogP contribution is -2.50. The number of ether oxygens (including phenoxy) is 1. The van der Waals surface area contributed by atoms with E-state index in [2.05, 4.69) is 10.3 Å². The molecule has 0 spiro atoms. The Kier molecular flexibility index (Phi) is 4.32. The third-order valence-electron chi connectivity index (χ3n) is 4.27. The Bertz CT molecular complexity index is 847. The van der Waals surface area contributed by atoms with Gasteiger partial charge in [0.1, 0.15) is 16.9 Å². The van der Waals surface area contributed by atoms with Crippen molar-refractivity contribution in [3.8, 4) is 0 Å². The second kappa shape index (κ2) is 6.18. The molecule has 1 unspecified atom stereocenters. The number of rotatable bonds is 4. The highest BCUT2D eigenvalue weighted by atomic mass is 19.4. The number of hydrogen-bond acceptors (Lipinski definition) is 3. The predicted octanol–water partition coefficient (Wildman–Crippen LogP) is 3.85. The van der Waals surface area contributed by atoms with Crippen LogP contribution >= 0.6 is 0 Å². The number of pyridine rings is 1.